The van der Waals surface area contributed by atoms with Gasteiger partial charge in [0.2, 0.25) is 0 Å². The third-order valence-electron chi connectivity index (χ3n) is 3.90. The molecule has 1 aromatic heterocycles. The fourth-order valence-corrected chi connectivity index (χ4v) is 2.67. The molecule has 0 amide bonds. The van der Waals surface area contributed by atoms with Crippen LogP contribution < -0.4 is 10.9 Å². The lowest BCUT2D eigenvalue weighted by molar-refractivity contribution is -0.385. The predicted molar refractivity (Wildman–Crippen MR) is 93.2 cm³/mol. The zero-order chi connectivity index (χ0) is 16.8. The maximum absolute atomic E-state index is 12.7. The average Bonchev–Trinajstić information content (AvgIpc) is 2.54. The van der Waals surface area contributed by atoms with Gasteiger partial charge in [0, 0.05) is 18.5 Å². The number of benzene rings is 1. The van der Waals surface area contributed by atoms with Crippen molar-refractivity contribution in [3.63, 3.8) is 0 Å². The van der Waals surface area contributed by atoms with Crippen LogP contribution >= 0.6 is 0 Å². The van der Waals surface area contributed by atoms with Crippen molar-refractivity contribution >= 4 is 22.3 Å². The maximum Gasteiger partial charge on any atom is 0.357 e. The maximum atomic E-state index is 12.7. The van der Waals surface area contributed by atoms with Crippen molar-refractivity contribution in [2.24, 2.45) is 0 Å². The number of fused-ring (bicyclic) bond motifs is 1. The Morgan fingerprint density at radius 3 is 2.52 bits per heavy atom. The number of rotatable bonds is 8. The highest BCUT2D eigenvalue weighted by atomic mass is 16.6. The summed E-state index contributed by atoms with van der Waals surface area (Å²) in [5.74, 6) is 0. The minimum atomic E-state index is -0.564. The number of aromatic nitrogens is 1. The van der Waals surface area contributed by atoms with E-state index >= 15 is 0 Å². The van der Waals surface area contributed by atoms with Gasteiger partial charge in [-0.3, -0.25) is 14.9 Å². The number of aryl methyl sites for hydroxylation is 1. The van der Waals surface area contributed by atoms with Gasteiger partial charge in [0.15, 0.2) is 0 Å². The van der Waals surface area contributed by atoms with Crippen molar-refractivity contribution in [2.45, 2.75) is 46.1 Å². The lowest BCUT2D eigenvalue weighted by Crippen LogP contribution is -2.25. The highest BCUT2D eigenvalue weighted by Crippen LogP contribution is 2.30. The van der Waals surface area contributed by atoms with Crippen LogP contribution in [0.2, 0.25) is 0 Å². The van der Waals surface area contributed by atoms with Crippen molar-refractivity contribution in [3.8, 4) is 0 Å². The molecule has 1 N–H and O–H groups in total. The van der Waals surface area contributed by atoms with E-state index < -0.39 is 10.5 Å². The lowest BCUT2D eigenvalue weighted by Gasteiger charge is -2.15. The van der Waals surface area contributed by atoms with E-state index in [4.69, 9.17) is 0 Å². The summed E-state index contributed by atoms with van der Waals surface area (Å²) in [7, 11) is 0. The Bertz CT molecular complexity index is 753. The molecule has 0 fully saturated rings. The molecule has 23 heavy (non-hydrogen) atoms. The summed E-state index contributed by atoms with van der Waals surface area (Å²) in [5.41, 5.74) is 0.212. The number of nitrogens with zero attached hydrogens (tertiary/aromatic N) is 2. The van der Waals surface area contributed by atoms with E-state index in [-0.39, 0.29) is 5.69 Å². The molecule has 0 bridgehead atoms. The van der Waals surface area contributed by atoms with Gasteiger partial charge in [0.05, 0.1) is 10.4 Å². The lowest BCUT2D eigenvalue weighted by atomic mass is 10.1. The normalized spacial score (nSPS) is 10.9. The van der Waals surface area contributed by atoms with Gasteiger partial charge < -0.3 is 9.88 Å². The molecule has 1 aromatic carbocycles. The summed E-state index contributed by atoms with van der Waals surface area (Å²) in [6.45, 7) is 5.19. The van der Waals surface area contributed by atoms with Crippen LogP contribution in [0.1, 0.15) is 39.5 Å². The Morgan fingerprint density at radius 1 is 1.17 bits per heavy atom. The van der Waals surface area contributed by atoms with E-state index in [1.54, 1.807) is 0 Å². The van der Waals surface area contributed by atoms with Gasteiger partial charge in [-0.15, -0.1) is 0 Å². The Kier molecular flexibility index (Phi) is 5.73. The molecule has 0 unspecified atom stereocenters. The molecule has 124 valence electrons. The number of unbranched alkanes of at least 4 members (excludes halogenated alkanes) is 2. The van der Waals surface area contributed by atoms with E-state index in [0.29, 0.717) is 18.8 Å². The van der Waals surface area contributed by atoms with E-state index in [0.717, 1.165) is 36.6 Å². The SMILES string of the molecule is CCCCNc1c([N+](=O)[O-])c(=O)n(CCCC)c2ccccc12. The molecule has 6 heteroatoms. The van der Waals surface area contributed by atoms with Gasteiger partial charge in [0.25, 0.3) is 0 Å². The van der Waals surface area contributed by atoms with Crippen molar-refractivity contribution in [1.29, 1.82) is 0 Å². The van der Waals surface area contributed by atoms with Crippen molar-refractivity contribution in [2.75, 3.05) is 11.9 Å². The fourth-order valence-electron chi connectivity index (χ4n) is 2.67. The first kappa shape index (κ1) is 17.0. The first-order valence-corrected chi connectivity index (χ1v) is 8.15. The average molecular weight is 317 g/mol. The Hall–Kier alpha value is -2.37. The zero-order valence-corrected chi connectivity index (χ0v) is 13.7. The quantitative estimate of drug-likeness (QED) is 0.455. The molecular formula is C17H23N3O3. The Labute approximate surface area is 135 Å². The molecule has 2 aromatic rings. The van der Waals surface area contributed by atoms with E-state index in [1.165, 1.54) is 4.57 Å². The number of hydrogen-bond donors (Lipinski definition) is 1. The van der Waals surface area contributed by atoms with Gasteiger partial charge in [0.1, 0.15) is 5.69 Å². The van der Waals surface area contributed by atoms with Crippen LogP contribution in [-0.2, 0) is 6.54 Å². The topological polar surface area (TPSA) is 77.2 Å². The first-order chi connectivity index (χ1) is 11.1. The summed E-state index contributed by atoms with van der Waals surface area (Å²) in [6, 6.07) is 7.37. The minimum absolute atomic E-state index is 0.344. The largest absolute Gasteiger partial charge is 0.379 e. The van der Waals surface area contributed by atoms with Crippen LogP contribution in [0.25, 0.3) is 10.9 Å². The standard InChI is InChI=1S/C17H23N3O3/c1-3-5-11-18-15-13-9-7-8-10-14(13)19(12-6-4-2)17(21)16(15)20(22)23/h7-10,18H,3-6,11-12H2,1-2H3. The summed E-state index contributed by atoms with van der Waals surface area (Å²) >= 11 is 0. The van der Waals surface area contributed by atoms with Gasteiger partial charge in [-0.1, -0.05) is 44.9 Å². The minimum Gasteiger partial charge on any atom is -0.379 e. The number of hydrogen-bond acceptors (Lipinski definition) is 4. The molecule has 1 heterocycles. The number of para-hydroxylation sites is 1. The molecule has 0 aliphatic heterocycles. The molecule has 0 saturated carbocycles. The van der Waals surface area contributed by atoms with Crippen LogP contribution in [0.4, 0.5) is 11.4 Å². The van der Waals surface area contributed by atoms with Crippen molar-refractivity contribution in [1.82, 2.24) is 4.57 Å². The molecule has 0 aliphatic carbocycles. The summed E-state index contributed by atoms with van der Waals surface area (Å²) in [4.78, 5) is 23.6. The van der Waals surface area contributed by atoms with Gasteiger partial charge in [-0.05, 0) is 18.9 Å². The van der Waals surface area contributed by atoms with E-state index in [2.05, 4.69) is 12.2 Å². The number of nitro groups is 1. The predicted octanol–water partition coefficient (Wildman–Crippen LogP) is 3.92. The molecule has 0 radical (unpaired) electrons. The van der Waals surface area contributed by atoms with Gasteiger partial charge in [-0.25, -0.2) is 0 Å². The van der Waals surface area contributed by atoms with Crippen LogP contribution in [0.3, 0.4) is 0 Å². The van der Waals surface area contributed by atoms with Crippen LogP contribution in [0.5, 0.6) is 0 Å². The smallest absolute Gasteiger partial charge is 0.357 e. The third-order valence-corrected chi connectivity index (χ3v) is 3.90. The van der Waals surface area contributed by atoms with Crippen LogP contribution in [-0.4, -0.2) is 16.0 Å². The highest BCUT2D eigenvalue weighted by Gasteiger charge is 2.25. The van der Waals surface area contributed by atoms with E-state index in [1.807, 2.05) is 31.2 Å². The second kappa shape index (κ2) is 7.76. The fraction of sp³-hybridized carbons (Fsp3) is 0.471. The number of pyridine rings is 1. The van der Waals surface area contributed by atoms with Crippen LogP contribution in [0.15, 0.2) is 29.1 Å². The molecular weight excluding hydrogens is 294 g/mol. The van der Waals surface area contributed by atoms with Crippen molar-refractivity contribution < 1.29 is 4.92 Å². The van der Waals surface area contributed by atoms with Gasteiger partial charge in [-0.2, -0.15) is 0 Å². The summed E-state index contributed by atoms with van der Waals surface area (Å²) in [6.07, 6.45) is 3.60. The number of nitrogens with one attached hydrogen (secondary N) is 1. The summed E-state index contributed by atoms with van der Waals surface area (Å²) in [5, 5.41) is 15.3. The molecule has 6 nitrogen and oxygen atoms in total. The molecule has 2 rings (SSSR count). The molecule has 0 aliphatic rings. The van der Waals surface area contributed by atoms with Crippen LogP contribution in [0, 0.1) is 10.1 Å². The third kappa shape index (κ3) is 3.52. The van der Waals surface area contributed by atoms with Crippen molar-refractivity contribution in [3.05, 3.63) is 44.7 Å². The second-order valence-electron chi connectivity index (χ2n) is 5.59. The molecule has 0 spiro atoms. The Morgan fingerprint density at radius 2 is 1.87 bits per heavy atom. The first-order valence-electron chi connectivity index (χ1n) is 8.15. The monoisotopic (exact) mass is 317 g/mol. The second-order valence-corrected chi connectivity index (χ2v) is 5.59. The highest BCUT2D eigenvalue weighted by molar-refractivity contribution is 5.96. The Balaban J connectivity index is 2.69. The zero-order valence-electron chi connectivity index (χ0n) is 13.7. The molecule has 0 atom stereocenters. The van der Waals surface area contributed by atoms with Gasteiger partial charge >= 0.3 is 11.2 Å². The summed E-state index contributed by atoms with van der Waals surface area (Å²) < 4.78 is 1.53. The number of anilines is 1. The van der Waals surface area contributed by atoms with E-state index in [9.17, 15) is 14.9 Å². The molecule has 0 saturated heterocycles.